The van der Waals surface area contributed by atoms with Crippen molar-refractivity contribution >= 4 is 23.5 Å². The van der Waals surface area contributed by atoms with Crippen LogP contribution in [-0.4, -0.2) is 66.2 Å². The number of piperazine rings is 1. The molecule has 4 heterocycles. The van der Waals surface area contributed by atoms with Gasteiger partial charge in [-0.15, -0.1) is 5.53 Å². The van der Waals surface area contributed by atoms with Crippen LogP contribution in [0.4, 0.5) is 11.4 Å². The van der Waals surface area contributed by atoms with Crippen molar-refractivity contribution in [3.05, 3.63) is 64.9 Å². The van der Waals surface area contributed by atoms with E-state index in [1.807, 2.05) is 24.2 Å². The Bertz CT molecular complexity index is 1270. The van der Waals surface area contributed by atoms with Crippen molar-refractivity contribution in [2.75, 3.05) is 49.6 Å². The molecule has 0 aromatic carbocycles. The first-order valence-electron chi connectivity index (χ1n) is 15.2. The molecule has 9 nitrogen and oxygen atoms in total. The van der Waals surface area contributed by atoms with Crippen LogP contribution in [0.5, 0.6) is 0 Å². The number of hydrogen-bond donors (Lipinski definition) is 3. The quantitative estimate of drug-likeness (QED) is 0.432. The fraction of sp³-hybridized carbons (Fsp3) is 0.531. The van der Waals surface area contributed by atoms with Gasteiger partial charge in [0, 0.05) is 50.1 Å². The number of nitrogens with one attached hydrogen (secondary N) is 3. The number of pyridine rings is 1. The van der Waals surface area contributed by atoms with Gasteiger partial charge in [-0.2, -0.15) is 0 Å². The highest BCUT2D eigenvalue weighted by atomic mass is 16.1. The van der Waals surface area contributed by atoms with Gasteiger partial charge in [0.1, 0.15) is 0 Å². The number of dihydropyridines is 1. The van der Waals surface area contributed by atoms with E-state index in [-0.39, 0.29) is 11.8 Å². The molecule has 3 atom stereocenters. The molecule has 1 aromatic heterocycles. The van der Waals surface area contributed by atoms with Crippen molar-refractivity contribution in [2.24, 2.45) is 22.7 Å². The molecule has 0 radical (unpaired) electrons. The number of aliphatic imine (C=N–C) groups is 1. The number of carbonyl (C=O) groups excluding carboxylic acids is 1. The molecule has 4 aliphatic rings. The molecule has 3 N–H and O–H groups in total. The van der Waals surface area contributed by atoms with Gasteiger partial charge in [-0.1, -0.05) is 38.5 Å². The summed E-state index contributed by atoms with van der Waals surface area (Å²) in [4.78, 5) is 27.5. The number of hydrazine groups is 2. The number of nitrogens with zero attached hydrogens (tertiary/aromatic N) is 5. The Labute approximate surface area is 245 Å². The van der Waals surface area contributed by atoms with E-state index in [2.05, 4.69) is 83.2 Å². The Morgan fingerprint density at radius 1 is 1.17 bits per heavy atom. The Balaban J connectivity index is 1.26. The maximum atomic E-state index is 13.2. The fourth-order valence-corrected chi connectivity index (χ4v) is 6.39. The average molecular weight is 559 g/mol. The predicted octanol–water partition coefficient (Wildman–Crippen LogP) is 4.55. The first-order valence-corrected chi connectivity index (χ1v) is 15.2. The number of carbonyl (C=O) groups is 1. The molecule has 9 heteroatoms. The number of amides is 1. The summed E-state index contributed by atoms with van der Waals surface area (Å²) in [5.41, 5.74) is 13.3. The molecular weight excluding hydrogens is 512 g/mol. The molecule has 3 aliphatic heterocycles. The zero-order valence-corrected chi connectivity index (χ0v) is 25.3. The third-order valence-electron chi connectivity index (χ3n) is 8.81. The molecule has 1 amide bonds. The van der Waals surface area contributed by atoms with E-state index >= 15 is 0 Å². The van der Waals surface area contributed by atoms with Crippen LogP contribution in [-0.2, 0) is 4.79 Å². The standard InChI is InChI=1S/C32H46N8O/c1-6-10-38-11-13-39(14-12-38)28-16-26(18-33-20-28)30-21-40(37-36-30)31-17-27(19-34-24(31)5)35-32(41)25-9-8-22(3)29(7-2)23(4)15-25/h9,15-17,19-22,26,29,36-37H,6-8,10-14,18H2,1-5H3,(H,35,41)/t22?,26?,29-/m1/s1. The van der Waals surface area contributed by atoms with Crippen molar-refractivity contribution in [3.8, 4) is 0 Å². The van der Waals surface area contributed by atoms with E-state index in [1.165, 1.54) is 24.2 Å². The van der Waals surface area contributed by atoms with E-state index in [9.17, 15) is 4.79 Å². The minimum Gasteiger partial charge on any atom is -0.368 e. The topological polar surface area (TPSA) is 88.1 Å². The third kappa shape index (κ3) is 6.73. The molecule has 220 valence electrons. The highest BCUT2D eigenvalue weighted by Crippen LogP contribution is 2.32. The number of hydrogen-bond acceptors (Lipinski definition) is 8. The van der Waals surface area contributed by atoms with Gasteiger partial charge in [0.15, 0.2) is 0 Å². The lowest BCUT2D eigenvalue weighted by molar-refractivity contribution is -0.112. The molecule has 5 rings (SSSR count). The molecule has 1 saturated heterocycles. The minimum atomic E-state index is -0.0955. The maximum Gasteiger partial charge on any atom is 0.255 e. The molecule has 1 aliphatic carbocycles. The molecule has 41 heavy (non-hydrogen) atoms. The van der Waals surface area contributed by atoms with Gasteiger partial charge in [0.25, 0.3) is 5.91 Å². The monoisotopic (exact) mass is 558 g/mol. The number of aromatic nitrogens is 1. The lowest BCUT2D eigenvalue weighted by Gasteiger charge is -2.37. The maximum absolute atomic E-state index is 13.2. The average Bonchev–Trinajstić information content (AvgIpc) is 3.42. The zero-order chi connectivity index (χ0) is 28.9. The van der Waals surface area contributed by atoms with Crippen LogP contribution in [0, 0.1) is 24.7 Å². The molecule has 1 fully saturated rings. The van der Waals surface area contributed by atoms with Gasteiger partial charge < -0.3 is 15.6 Å². The van der Waals surface area contributed by atoms with Crippen molar-refractivity contribution < 1.29 is 4.79 Å². The number of aryl methyl sites for hydroxylation is 1. The molecule has 0 saturated carbocycles. The van der Waals surface area contributed by atoms with Crippen molar-refractivity contribution in [2.45, 2.75) is 53.9 Å². The second kappa shape index (κ2) is 13.0. The van der Waals surface area contributed by atoms with Crippen LogP contribution >= 0.6 is 0 Å². The Morgan fingerprint density at radius 2 is 1.98 bits per heavy atom. The first kappa shape index (κ1) is 29.1. The summed E-state index contributed by atoms with van der Waals surface area (Å²) in [6.45, 7) is 17.0. The second-order valence-electron chi connectivity index (χ2n) is 11.8. The summed E-state index contributed by atoms with van der Waals surface area (Å²) >= 11 is 0. The zero-order valence-electron chi connectivity index (χ0n) is 25.3. The van der Waals surface area contributed by atoms with E-state index in [1.54, 1.807) is 6.20 Å². The predicted molar refractivity (Wildman–Crippen MR) is 167 cm³/mol. The summed E-state index contributed by atoms with van der Waals surface area (Å²) < 4.78 is 0. The Kier molecular flexibility index (Phi) is 9.25. The van der Waals surface area contributed by atoms with Gasteiger partial charge in [0.05, 0.1) is 41.2 Å². The van der Waals surface area contributed by atoms with Crippen molar-refractivity contribution in [1.29, 1.82) is 0 Å². The molecule has 0 spiro atoms. The van der Waals surface area contributed by atoms with Crippen LogP contribution < -0.4 is 21.3 Å². The van der Waals surface area contributed by atoms with E-state index in [0.717, 1.165) is 61.7 Å². The first-order chi connectivity index (χ1) is 19.9. The lowest BCUT2D eigenvalue weighted by Crippen LogP contribution is -2.46. The lowest BCUT2D eigenvalue weighted by atomic mass is 9.85. The van der Waals surface area contributed by atoms with Crippen LogP contribution in [0.25, 0.3) is 0 Å². The normalized spacial score (nSPS) is 25.1. The van der Waals surface area contributed by atoms with Gasteiger partial charge in [-0.05, 0) is 63.6 Å². The van der Waals surface area contributed by atoms with Gasteiger partial charge in [-0.25, -0.2) is 0 Å². The molecule has 1 aromatic rings. The number of allylic oxidation sites excluding steroid dienone is 3. The summed E-state index contributed by atoms with van der Waals surface area (Å²) in [6.07, 6.45) is 15.5. The van der Waals surface area contributed by atoms with Crippen LogP contribution in [0.3, 0.4) is 0 Å². The minimum absolute atomic E-state index is 0.0955. The van der Waals surface area contributed by atoms with Crippen LogP contribution in [0.1, 0.15) is 52.7 Å². The van der Waals surface area contributed by atoms with Gasteiger partial charge in [-0.3, -0.25) is 24.7 Å². The highest BCUT2D eigenvalue weighted by Gasteiger charge is 2.26. The van der Waals surface area contributed by atoms with Crippen molar-refractivity contribution in [1.82, 2.24) is 25.7 Å². The largest absolute Gasteiger partial charge is 0.368 e. The molecular formula is C32H46N8O. The third-order valence-corrected chi connectivity index (χ3v) is 8.81. The fourth-order valence-electron chi connectivity index (χ4n) is 6.39. The van der Waals surface area contributed by atoms with Gasteiger partial charge >= 0.3 is 0 Å². The second-order valence-corrected chi connectivity index (χ2v) is 11.8. The van der Waals surface area contributed by atoms with Crippen LogP contribution in [0.15, 0.2) is 64.2 Å². The summed E-state index contributed by atoms with van der Waals surface area (Å²) in [5.74, 6) is 1.10. The summed E-state index contributed by atoms with van der Waals surface area (Å²) in [5, 5.41) is 5.01. The van der Waals surface area contributed by atoms with Crippen LogP contribution in [0.2, 0.25) is 0 Å². The van der Waals surface area contributed by atoms with E-state index in [0.29, 0.717) is 24.1 Å². The van der Waals surface area contributed by atoms with E-state index in [4.69, 9.17) is 4.99 Å². The number of rotatable bonds is 8. The highest BCUT2D eigenvalue weighted by molar-refractivity contribution is 6.06. The summed E-state index contributed by atoms with van der Waals surface area (Å²) in [6, 6.07) is 1.97. The molecule has 2 unspecified atom stereocenters. The van der Waals surface area contributed by atoms with Crippen molar-refractivity contribution in [3.63, 3.8) is 0 Å². The smallest absolute Gasteiger partial charge is 0.255 e. The Hall–Kier alpha value is -3.43. The molecule has 0 bridgehead atoms. The SMILES string of the molecule is CCCN1CCN(C2=CC(C3=CN(c4cc(NC(=O)C5=CCC(C)[C@@H](CC)C(C)=C5)cnc4C)NN3)CN=C2)CC1. The van der Waals surface area contributed by atoms with E-state index < -0.39 is 0 Å². The summed E-state index contributed by atoms with van der Waals surface area (Å²) in [7, 11) is 0. The number of anilines is 2. The van der Waals surface area contributed by atoms with Gasteiger partial charge in [0.2, 0.25) is 0 Å². The Morgan fingerprint density at radius 3 is 2.73 bits per heavy atom.